The van der Waals surface area contributed by atoms with E-state index in [4.69, 9.17) is 16.3 Å². The van der Waals surface area contributed by atoms with Gasteiger partial charge in [-0.1, -0.05) is 18.5 Å². The molecule has 0 saturated carbocycles. The van der Waals surface area contributed by atoms with E-state index >= 15 is 0 Å². The average molecular weight is 275 g/mol. The lowest BCUT2D eigenvalue weighted by Gasteiger charge is -2.19. The Bertz CT molecular complexity index is 379. The molecule has 2 unspecified atom stereocenters. The molecule has 1 aromatic heterocycles. The standard InChI is InChI=1S/C13H23ClN2O2/c1-5-10-13(14)11(16(6-2)15-10)8-12(17)9(4)18-7-3/h9,12,17H,5-8H2,1-4H3. The van der Waals surface area contributed by atoms with Gasteiger partial charge in [0.1, 0.15) is 0 Å². The summed E-state index contributed by atoms with van der Waals surface area (Å²) in [5, 5.41) is 15.2. The Kier molecular flexibility index (Phi) is 6.12. The van der Waals surface area contributed by atoms with Gasteiger partial charge in [-0.25, -0.2) is 0 Å². The van der Waals surface area contributed by atoms with Crippen molar-refractivity contribution >= 4 is 11.6 Å². The molecule has 0 fully saturated rings. The lowest BCUT2D eigenvalue weighted by molar-refractivity contribution is -0.0215. The van der Waals surface area contributed by atoms with Gasteiger partial charge in [0.05, 0.1) is 28.6 Å². The number of halogens is 1. The lowest BCUT2D eigenvalue weighted by atomic mass is 10.1. The van der Waals surface area contributed by atoms with Crippen LogP contribution in [0.2, 0.25) is 5.02 Å². The number of aromatic nitrogens is 2. The molecule has 1 N–H and O–H groups in total. The molecule has 0 aliphatic carbocycles. The van der Waals surface area contributed by atoms with Gasteiger partial charge in [0.15, 0.2) is 0 Å². The third-order valence-corrected chi connectivity index (χ3v) is 3.50. The van der Waals surface area contributed by atoms with Crippen molar-refractivity contribution in [2.24, 2.45) is 0 Å². The summed E-state index contributed by atoms with van der Waals surface area (Å²) in [6.45, 7) is 9.18. The Hall–Kier alpha value is -0.580. The van der Waals surface area contributed by atoms with Crippen LogP contribution in [-0.2, 0) is 24.1 Å². The molecule has 18 heavy (non-hydrogen) atoms. The molecule has 0 aliphatic rings. The summed E-state index contributed by atoms with van der Waals surface area (Å²) in [5.74, 6) is 0. The molecule has 1 aromatic rings. The molecule has 0 aromatic carbocycles. The van der Waals surface area contributed by atoms with E-state index in [0.717, 1.165) is 24.4 Å². The first-order chi connectivity index (χ1) is 8.54. The van der Waals surface area contributed by atoms with E-state index in [0.29, 0.717) is 18.1 Å². The smallest absolute Gasteiger partial charge is 0.0854 e. The summed E-state index contributed by atoms with van der Waals surface area (Å²) in [5.41, 5.74) is 1.79. The Balaban J connectivity index is 2.85. The van der Waals surface area contributed by atoms with Crippen LogP contribution in [0.3, 0.4) is 0 Å². The van der Waals surface area contributed by atoms with Crippen molar-refractivity contribution in [3.05, 3.63) is 16.4 Å². The van der Waals surface area contributed by atoms with Crippen molar-refractivity contribution < 1.29 is 9.84 Å². The van der Waals surface area contributed by atoms with Crippen molar-refractivity contribution in [1.29, 1.82) is 0 Å². The molecular weight excluding hydrogens is 252 g/mol. The molecule has 1 heterocycles. The second kappa shape index (κ2) is 7.12. The minimum atomic E-state index is -0.561. The Labute approximate surface area is 114 Å². The van der Waals surface area contributed by atoms with Crippen LogP contribution >= 0.6 is 11.6 Å². The highest BCUT2D eigenvalue weighted by atomic mass is 35.5. The number of ether oxygens (including phenoxy) is 1. The molecule has 0 saturated heterocycles. The number of hydrogen-bond acceptors (Lipinski definition) is 3. The van der Waals surface area contributed by atoms with Gasteiger partial charge >= 0.3 is 0 Å². The molecule has 0 aliphatic heterocycles. The molecule has 0 spiro atoms. The van der Waals surface area contributed by atoms with Crippen LogP contribution in [0.5, 0.6) is 0 Å². The molecule has 5 heteroatoms. The van der Waals surface area contributed by atoms with Crippen LogP contribution < -0.4 is 0 Å². The summed E-state index contributed by atoms with van der Waals surface area (Å²) < 4.78 is 7.26. The number of rotatable bonds is 7. The van der Waals surface area contributed by atoms with Gasteiger partial charge in [0.25, 0.3) is 0 Å². The Morgan fingerprint density at radius 2 is 2.06 bits per heavy atom. The maximum atomic E-state index is 10.1. The highest BCUT2D eigenvalue weighted by Gasteiger charge is 2.21. The predicted molar refractivity (Wildman–Crippen MR) is 73.1 cm³/mol. The summed E-state index contributed by atoms with van der Waals surface area (Å²) in [7, 11) is 0. The SMILES string of the molecule is CCOC(C)C(O)Cc1c(Cl)c(CC)nn1CC. The van der Waals surface area contributed by atoms with Crippen molar-refractivity contribution in [1.82, 2.24) is 9.78 Å². The van der Waals surface area contributed by atoms with Gasteiger partial charge < -0.3 is 9.84 Å². The third-order valence-electron chi connectivity index (χ3n) is 3.07. The van der Waals surface area contributed by atoms with Gasteiger partial charge in [-0.05, 0) is 27.2 Å². The van der Waals surface area contributed by atoms with Crippen molar-refractivity contribution in [2.75, 3.05) is 6.61 Å². The fourth-order valence-electron chi connectivity index (χ4n) is 1.95. The quantitative estimate of drug-likeness (QED) is 0.831. The molecule has 0 amide bonds. The first-order valence-electron chi connectivity index (χ1n) is 6.58. The summed E-state index contributed by atoms with van der Waals surface area (Å²) in [6.07, 6.45) is 0.516. The normalized spacial score (nSPS) is 14.8. The average Bonchev–Trinajstić information content (AvgIpc) is 2.66. The zero-order valence-electron chi connectivity index (χ0n) is 11.6. The van der Waals surface area contributed by atoms with Crippen LogP contribution in [0.1, 0.15) is 39.1 Å². The highest BCUT2D eigenvalue weighted by molar-refractivity contribution is 6.31. The molecule has 0 radical (unpaired) electrons. The minimum absolute atomic E-state index is 0.198. The molecule has 2 atom stereocenters. The first-order valence-corrected chi connectivity index (χ1v) is 6.96. The molecule has 4 nitrogen and oxygen atoms in total. The number of aryl methyl sites for hydroxylation is 2. The van der Waals surface area contributed by atoms with E-state index in [1.807, 2.05) is 32.4 Å². The van der Waals surface area contributed by atoms with Gasteiger partial charge in [-0.2, -0.15) is 5.10 Å². The molecule has 104 valence electrons. The number of aliphatic hydroxyl groups is 1. The maximum Gasteiger partial charge on any atom is 0.0854 e. The van der Waals surface area contributed by atoms with E-state index < -0.39 is 6.10 Å². The number of aliphatic hydroxyl groups excluding tert-OH is 1. The third kappa shape index (κ3) is 3.46. The Morgan fingerprint density at radius 1 is 1.39 bits per heavy atom. The largest absolute Gasteiger partial charge is 0.390 e. The van der Waals surface area contributed by atoms with Crippen LogP contribution in [0.25, 0.3) is 0 Å². The topological polar surface area (TPSA) is 47.3 Å². The van der Waals surface area contributed by atoms with Crippen molar-refractivity contribution in [3.63, 3.8) is 0 Å². The van der Waals surface area contributed by atoms with Crippen LogP contribution in [0.15, 0.2) is 0 Å². The fourth-order valence-corrected chi connectivity index (χ4v) is 2.30. The summed E-state index contributed by atoms with van der Waals surface area (Å²) in [6, 6.07) is 0. The summed E-state index contributed by atoms with van der Waals surface area (Å²) >= 11 is 6.30. The maximum absolute atomic E-state index is 10.1. The molecular formula is C13H23ClN2O2. The predicted octanol–water partition coefficient (Wildman–Crippen LogP) is 2.45. The van der Waals surface area contributed by atoms with E-state index in [9.17, 15) is 5.11 Å². The highest BCUT2D eigenvalue weighted by Crippen LogP contribution is 2.23. The van der Waals surface area contributed by atoms with Crippen LogP contribution in [-0.4, -0.2) is 33.7 Å². The van der Waals surface area contributed by atoms with E-state index in [1.165, 1.54) is 0 Å². The minimum Gasteiger partial charge on any atom is -0.390 e. The van der Waals surface area contributed by atoms with E-state index in [1.54, 1.807) is 0 Å². The second-order valence-corrected chi connectivity index (χ2v) is 4.69. The van der Waals surface area contributed by atoms with Gasteiger partial charge in [-0.3, -0.25) is 4.68 Å². The molecule has 0 bridgehead atoms. The summed E-state index contributed by atoms with van der Waals surface area (Å²) in [4.78, 5) is 0. The van der Waals surface area contributed by atoms with Gasteiger partial charge in [0, 0.05) is 19.6 Å². The monoisotopic (exact) mass is 274 g/mol. The van der Waals surface area contributed by atoms with Gasteiger partial charge in [0.2, 0.25) is 0 Å². The number of hydrogen-bond donors (Lipinski definition) is 1. The second-order valence-electron chi connectivity index (χ2n) is 4.31. The Morgan fingerprint density at radius 3 is 2.56 bits per heavy atom. The van der Waals surface area contributed by atoms with Crippen molar-refractivity contribution in [3.8, 4) is 0 Å². The van der Waals surface area contributed by atoms with Crippen LogP contribution in [0, 0.1) is 0 Å². The zero-order chi connectivity index (χ0) is 13.7. The zero-order valence-corrected chi connectivity index (χ0v) is 12.4. The molecule has 1 rings (SSSR count). The fraction of sp³-hybridized carbons (Fsp3) is 0.769. The van der Waals surface area contributed by atoms with Gasteiger partial charge in [-0.15, -0.1) is 0 Å². The van der Waals surface area contributed by atoms with E-state index in [-0.39, 0.29) is 6.10 Å². The van der Waals surface area contributed by atoms with Crippen LogP contribution in [0.4, 0.5) is 0 Å². The first kappa shape index (κ1) is 15.5. The van der Waals surface area contributed by atoms with E-state index in [2.05, 4.69) is 5.10 Å². The van der Waals surface area contributed by atoms with Crippen molar-refractivity contribution in [2.45, 2.75) is 59.3 Å². The lowest BCUT2D eigenvalue weighted by Crippen LogP contribution is -2.29. The number of nitrogens with zero attached hydrogens (tertiary/aromatic N) is 2.